The number of aliphatic hydroxyl groups excluding tert-OH is 1. The summed E-state index contributed by atoms with van der Waals surface area (Å²) >= 11 is 0. The highest BCUT2D eigenvalue weighted by atomic mass is 16.5. The lowest BCUT2D eigenvalue weighted by molar-refractivity contribution is -0.114. The predicted octanol–water partition coefficient (Wildman–Crippen LogP) is 2.85. The van der Waals surface area contributed by atoms with Crippen LogP contribution >= 0.6 is 0 Å². The number of amides is 1. The molecule has 0 bridgehead atoms. The number of anilines is 1. The first kappa shape index (κ1) is 21.6. The SMILES string of the molecule is CCCCOCc1cccc(C(O)c2nc(OC)cc(OC)n2)c1NC(C)=O. The molecule has 8 nitrogen and oxygen atoms in total. The average Bonchev–Trinajstić information content (AvgIpc) is 2.70. The van der Waals surface area contributed by atoms with Crippen LogP contribution in [0.5, 0.6) is 11.8 Å². The number of nitrogens with one attached hydrogen (secondary N) is 1. The molecule has 1 unspecified atom stereocenters. The van der Waals surface area contributed by atoms with E-state index in [1.807, 2.05) is 6.07 Å². The molecule has 0 saturated heterocycles. The summed E-state index contributed by atoms with van der Waals surface area (Å²) in [5, 5.41) is 13.7. The zero-order chi connectivity index (χ0) is 20.5. The first-order valence-electron chi connectivity index (χ1n) is 9.12. The van der Waals surface area contributed by atoms with Gasteiger partial charge in [-0.25, -0.2) is 0 Å². The van der Waals surface area contributed by atoms with Crippen LogP contribution in [0.3, 0.4) is 0 Å². The maximum Gasteiger partial charge on any atom is 0.221 e. The van der Waals surface area contributed by atoms with Crippen LogP contribution in [0, 0.1) is 0 Å². The number of para-hydroxylation sites is 1. The van der Waals surface area contributed by atoms with Gasteiger partial charge in [0.25, 0.3) is 0 Å². The van der Waals surface area contributed by atoms with Gasteiger partial charge in [0.2, 0.25) is 17.7 Å². The molecule has 0 aliphatic carbocycles. The summed E-state index contributed by atoms with van der Waals surface area (Å²) in [4.78, 5) is 20.2. The van der Waals surface area contributed by atoms with Crippen molar-refractivity contribution in [3.05, 3.63) is 41.2 Å². The zero-order valence-corrected chi connectivity index (χ0v) is 16.7. The number of hydrogen-bond acceptors (Lipinski definition) is 7. The molecule has 0 saturated carbocycles. The van der Waals surface area contributed by atoms with Gasteiger partial charge in [0.15, 0.2) is 5.82 Å². The van der Waals surface area contributed by atoms with Crippen molar-refractivity contribution in [1.29, 1.82) is 0 Å². The molecule has 0 aliphatic heterocycles. The number of unbranched alkanes of at least 4 members (excludes halogenated alkanes) is 1. The van der Waals surface area contributed by atoms with E-state index >= 15 is 0 Å². The number of benzene rings is 1. The van der Waals surface area contributed by atoms with Crippen molar-refractivity contribution in [3.8, 4) is 11.8 Å². The van der Waals surface area contributed by atoms with Crippen LogP contribution < -0.4 is 14.8 Å². The highest BCUT2D eigenvalue weighted by molar-refractivity contribution is 5.90. The number of ether oxygens (including phenoxy) is 3. The lowest BCUT2D eigenvalue weighted by atomic mass is 10.0. The second-order valence-electron chi connectivity index (χ2n) is 6.18. The minimum atomic E-state index is -1.19. The Labute approximate surface area is 164 Å². The third-order valence-corrected chi connectivity index (χ3v) is 4.04. The van der Waals surface area contributed by atoms with E-state index in [0.29, 0.717) is 24.5 Å². The van der Waals surface area contributed by atoms with Crippen molar-refractivity contribution >= 4 is 11.6 Å². The van der Waals surface area contributed by atoms with Crippen LogP contribution in [0.1, 0.15) is 49.7 Å². The topological polar surface area (TPSA) is 103 Å². The number of methoxy groups -OCH3 is 2. The Hall–Kier alpha value is -2.71. The van der Waals surface area contributed by atoms with Crippen LogP contribution in [0.25, 0.3) is 0 Å². The van der Waals surface area contributed by atoms with Gasteiger partial charge in [-0.05, 0) is 6.42 Å². The number of hydrogen-bond donors (Lipinski definition) is 2. The molecule has 2 rings (SSSR count). The summed E-state index contributed by atoms with van der Waals surface area (Å²) in [6.07, 6.45) is 0.795. The fourth-order valence-corrected chi connectivity index (χ4v) is 2.62. The van der Waals surface area contributed by atoms with E-state index in [4.69, 9.17) is 14.2 Å². The van der Waals surface area contributed by atoms with E-state index in [0.717, 1.165) is 18.4 Å². The highest BCUT2D eigenvalue weighted by Gasteiger charge is 2.22. The van der Waals surface area contributed by atoms with Gasteiger partial charge in [0.1, 0.15) is 6.10 Å². The van der Waals surface area contributed by atoms with Crippen LogP contribution in [0.2, 0.25) is 0 Å². The maximum atomic E-state index is 11.7. The molecule has 0 fully saturated rings. The van der Waals surface area contributed by atoms with Crippen molar-refractivity contribution in [2.24, 2.45) is 0 Å². The highest BCUT2D eigenvalue weighted by Crippen LogP contribution is 2.32. The second kappa shape index (κ2) is 10.6. The zero-order valence-electron chi connectivity index (χ0n) is 16.7. The Morgan fingerprint density at radius 3 is 2.46 bits per heavy atom. The third kappa shape index (κ3) is 5.64. The van der Waals surface area contributed by atoms with E-state index in [1.165, 1.54) is 27.2 Å². The Morgan fingerprint density at radius 1 is 1.21 bits per heavy atom. The van der Waals surface area contributed by atoms with Gasteiger partial charge < -0.3 is 24.6 Å². The lowest BCUT2D eigenvalue weighted by Gasteiger charge is -2.19. The van der Waals surface area contributed by atoms with Crippen LogP contribution in [0.15, 0.2) is 24.3 Å². The Balaban J connectivity index is 2.41. The molecule has 0 radical (unpaired) electrons. The largest absolute Gasteiger partial charge is 0.481 e. The molecule has 2 aromatic rings. The van der Waals surface area contributed by atoms with E-state index in [-0.39, 0.29) is 23.5 Å². The second-order valence-corrected chi connectivity index (χ2v) is 6.18. The molecular formula is C20H27N3O5. The van der Waals surface area contributed by atoms with E-state index in [1.54, 1.807) is 12.1 Å². The fourth-order valence-electron chi connectivity index (χ4n) is 2.62. The molecule has 0 spiro atoms. The van der Waals surface area contributed by atoms with Crippen molar-refractivity contribution in [2.45, 2.75) is 39.4 Å². The van der Waals surface area contributed by atoms with Gasteiger partial charge in [-0.1, -0.05) is 31.5 Å². The minimum absolute atomic E-state index is 0.104. The predicted molar refractivity (Wildman–Crippen MR) is 105 cm³/mol. The van der Waals surface area contributed by atoms with Crippen molar-refractivity contribution < 1.29 is 24.1 Å². The number of nitrogens with zero attached hydrogens (tertiary/aromatic N) is 2. The van der Waals surface area contributed by atoms with Crippen LogP contribution in [0.4, 0.5) is 5.69 Å². The van der Waals surface area contributed by atoms with Gasteiger partial charge in [-0.15, -0.1) is 0 Å². The summed E-state index contributed by atoms with van der Waals surface area (Å²) < 4.78 is 16.0. The number of carbonyl (C=O) groups excluding carboxylic acids is 1. The summed E-state index contributed by atoms with van der Waals surface area (Å²) in [5.41, 5.74) is 1.71. The molecule has 1 atom stereocenters. The smallest absolute Gasteiger partial charge is 0.221 e. The molecular weight excluding hydrogens is 362 g/mol. The molecule has 2 N–H and O–H groups in total. The lowest BCUT2D eigenvalue weighted by Crippen LogP contribution is -2.15. The molecule has 1 aromatic heterocycles. The Bertz CT molecular complexity index is 775. The average molecular weight is 389 g/mol. The normalized spacial score (nSPS) is 11.8. The van der Waals surface area contributed by atoms with Gasteiger partial charge in [0, 0.05) is 24.7 Å². The van der Waals surface area contributed by atoms with Crippen LogP contribution in [-0.2, 0) is 16.1 Å². The van der Waals surface area contributed by atoms with E-state index in [2.05, 4.69) is 22.2 Å². The number of aliphatic hydroxyl groups is 1. The first-order chi connectivity index (χ1) is 13.5. The minimum Gasteiger partial charge on any atom is -0.481 e. The van der Waals surface area contributed by atoms with Crippen molar-refractivity contribution in [2.75, 3.05) is 26.1 Å². The molecule has 1 heterocycles. The van der Waals surface area contributed by atoms with E-state index < -0.39 is 6.10 Å². The number of aromatic nitrogens is 2. The molecule has 8 heteroatoms. The quantitative estimate of drug-likeness (QED) is 0.602. The van der Waals surface area contributed by atoms with Crippen molar-refractivity contribution in [1.82, 2.24) is 9.97 Å². The number of rotatable bonds is 10. The fraction of sp³-hybridized carbons (Fsp3) is 0.450. The molecule has 28 heavy (non-hydrogen) atoms. The van der Waals surface area contributed by atoms with Gasteiger partial charge in [0.05, 0.1) is 32.6 Å². The first-order valence-corrected chi connectivity index (χ1v) is 9.12. The summed E-state index contributed by atoms with van der Waals surface area (Å²) in [5.74, 6) is 0.382. The summed E-state index contributed by atoms with van der Waals surface area (Å²) in [6.45, 7) is 4.44. The molecule has 1 aromatic carbocycles. The van der Waals surface area contributed by atoms with Crippen LogP contribution in [-0.4, -0.2) is 41.8 Å². The Morgan fingerprint density at radius 2 is 1.89 bits per heavy atom. The van der Waals surface area contributed by atoms with Gasteiger partial charge in [-0.3, -0.25) is 4.79 Å². The molecule has 152 valence electrons. The monoisotopic (exact) mass is 389 g/mol. The van der Waals surface area contributed by atoms with Gasteiger partial charge in [-0.2, -0.15) is 9.97 Å². The standard InChI is InChI=1S/C20H27N3O5/c1-5-6-10-28-12-14-8-7-9-15(18(14)21-13(2)24)19(25)20-22-16(26-3)11-17(23-20)27-4/h7-9,11,19,25H,5-6,10,12H2,1-4H3,(H,21,24). The third-order valence-electron chi connectivity index (χ3n) is 4.04. The molecule has 1 amide bonds. The number of carbonyl (C=O) groups is 1. The Kier molecular flexibility index (Phi) is 8.16. The summed E-state index contributed by atoms with van der Waals surface area (Å²) in [6, 6.07) is 6.87. The van der Waals surface area contributed by atoms with E-state index in [9.17, 15) is 9.90 Å². The van der Waals surface area contributed by atoms with Gasteiger partial charge >= 0.3 is 0 Å². The summed E-state index contributed by atoms with van der Waals surface area (Å²) in [7, 11) is 2.93. The maximum absolute atomic E-state index is 11.7. The molecule has 0 aliphatic rings. The van der Waals surface area contributed by atoms with Crippen molar-refractivity contribution in [3.63, 3.8) is 0 Å².